The average molecular weight is 256 g/mol. The largest absolute Gasteiger partial charge is 0.480 e. The number of rotatable bonds is 5. The molecule has 1 aliphatic rings. The fraction of sp³-hybridized carbons (Fsp3) is 0.846. The summed E-state index contributed by atoms with van der Waals surface area (Å²) < 4.78 is 0. The van der Waals surface area contributed by atoms with E-state index in [1.165, 1.54) is 0 Å². The van der Waals surface area contributed by atoms with E-state index in [4.69, 9.17) is 5.73 Å². The molecule has 1 aliphatic carbocycles. The van der Waals surface area contributed by atoms with Gasteiger partial charge >= 0.3 is 5.97 Å². The first-order valence-electron chi connectivity index (χ1n) is 6.68. The Labute approximate surface area is 108 Å². The molecule has 0 saturated heterocycles. The van der Waals surface area contributed by atoms with Gasteiger partial charge in [0.05, 0.1) is 6.04 Å². The average Bonchev–Trinajstić information content (AvgIpc) is 2.29. The van der Waals surface area contributed by atoms with Crippen molar-refractivity contribution in [3.8, 4) is 0 Å². The number of amides is 1. The molecule has 5 nitrogen and oxygen atoms in total. The van der Waals surface area contributed by atoms with Crippen molar-refractivity contribution in [3.63, 3.8) is 0 Å². The van der Waals surface area contributed by atoms with Gasteiger partial charge in [-0.15, -0.1) is 0 Å². The van der Waals surface area contributed by atoms with Crippen molar-refractivity contribution in [3.05, 3.63) is 0 Å². The molecule has 4 N–H and O–H groups in total. The van der Waals surface area contributed by atoms with Crippen molar-refractivity contribution in [1.29, 1.82) is 0 Å². The van der Waals surface area contributed by atoms with Crippen LogP contribution < -0.4 is 11.1 Å². The van der Waals surface area contributed by atoms with E-state index in [2.05, 4.69) is 5.32 Å². The van der Waals surface area contributed by atoms with E-state index in [9.17, 15) is 14.7 Å². The zero-order chi connectivity index (χ0) is 13.8. The molecule has 0 aliphatic heterocycles. The summed E-state index contributed by atoms with van der Waals surface area (Å²) in [6.45, 7) is 3.97. The Morgan fingerprint density at radius 2 is 1.83 bits per heavy atom. The number of carbonyl (C=O) groups excluding carboxylic acids is 1. The summed E-state index contributed by atoms with van der Waals surface area (Å²) in [5.41, 5.74) is 4.70. The van der Waals surface area contributed by atoms with Gasteiger partial charge in [0.25, 0.3) is 0 Å². The number of carboxylic acids is 1. The quantitative estimate of drug-likeness (QED) is 0.690. The molecule has 18 heavy (non-hydrogen) atoms. The first kappa shape index (κ1) is 15.0. The van der Waals surface area contributed by atoms with E-state index >= 15 is 0 Å². The third kappa shape index (κ3) is 3.70. The third-order valence-corrected chi connectivity index (χ3v) is 3.54. The highest BCUT2D eigenvalue weighted by atomic mass is 16.4. The Bertz CT molecular complexity index is 309. The number of nitrogens with one attached hydrogen (secondary N) is 1. The molecule has 0 radical (unpaired) electrons. The standard InChI is InChI=1S/C13H24N2O3/c1-9(2)8-10(14)11(16)15-13(12(17)18)6-4-3-5-7-13/h9-10H,3-8,14H2,1-2H3,(H,15,16)(H,17,18). The number of aliphatic carboxylic acids is 1. The Hall–Kier alpha value is -1.10. The van der Waals surface area contributed by atoms with Gasteiger partial charge in [-0.25, -0.2) is 4.79 Å². The lowest BCUT2D eigenvalue weighted by Gasteiger charge is -2.34. The second kappa shape index (κ2) is 6.18. The zero-order valence-corrected chi connectivity index (χ0v) is 11.2. The lowest BCUT2D eigenvalue weighted by molar-refractivity contribution is -0.149. The van der Waals surface area contributed by atoms with Gasteiger partial charge in [-0.2, -0.15) is 0 Å². The molecule has 1 amide bonds. The number of carbonyl (C=O) groups is 2. The second-order valence-corrected chi connectivity index (χ2v) is 5.67. The van der Waals surface area contributed by atoms with Gasteiger partial charge in [-0.05, 0) is 25.2 Å². The normalized spacial score (nSPS) is 20.4. The summed E-state index contributed by atoms with van der Waals surface area (Å²) in [5.74, 6) is -0.960. The summed E-state index contributed by atoms with van der Waals surface area (Å²) in [7, 11) is 0. The smallest absolute Gasteiger partial charge is 0.329 e. The van der Waals surface area contributed by atoms with Crippen molar-refractivity contribution < 1.29 is 14.7 Å². The number of carboxylic acid groups (broad SMARTS) is 1. The third-order valence-electron chi connectivity index (χ3n) is 3.54. The van der Waals surface area contributed by atoms with Gasteiger partial charge in [0, 0.05) is 0 Å². The SMILES string of the molecule is CC(C)CC(N)C(=O)NC1(C(=O)O)CCCCC1. The van der Waals surface area contributed by atoms with Crippen LogP contribution in [0.3, 0.4) is 0 Å². The topological polar surface area (TPSA) is 92.4 Å². The second-order valence-electron chi connectivity index (χ2n) is 5.67. The summed E-state index contributed by atoms with van der Waals surface area (Å²) in [5, 5.41) is 12.0. The number of hydrogen-bond acceptors (Lipinski definition) is 3. The van der Waals surface area contributed by atoms with Crippen molar-refractivity contribution in [1.82, 2.24) is 5.32 Å². The van der Waals surface area contributed by atoms with Crippen LogP contribution in [0.2, 0.25) is 0 Å². The molecule has 1 fully saturated rings. The summed E-state index contributed by atoms with van der Waals surface area (Å²) in [6, 6.07) is -0.622. The van der Waals surface area contributed by atoms with Crippen LogP contribution in [0.5, 0.6) is 0 Å². The van der Waals surface area contributed by atoms with E-state index in [1.807, 2.05) is 13.8 Å². The van der Waals surface area contributed by atoms with Crippen LogP contribution in [0, 0.1) is 5.92 Å². The summed E-state index contributed by atoms with van der Waals surface area (Å²) >= 11 is 0. The van der Waals surface area contributed by atoms with Crippen molar-refractivity contribution in [2.24, 2.45) is 11.7 Å². The molecular formula is C13H24N2O3. The lowest BCUT2D eigenvalue weighted by Crippen LogP contribution is -2.59. The fourth-order valence-electron chi connectivity index (χ4n) is 2.49. The van der Waals surface area contributed by atoms with E-state index < -0.39 is 17.6 Å². The Balaban J connectivity index is 2.66. The maximum absolute atomic E-state index is 12.0. The molecule has 1 unspecified atom stereocenters. The van der Waals surface area contributed by atoms with Gasteiger partial charge in [-0.3, -0.25) is 4.79 Å². The molecule has 0 spiro atoms. The van der Waals surface area contributed by atoms with Crippen LogP contribution in [0.1, 0.15) is 52.4 Å². The van der Waals surface area contributed by atoms with Crippen LogP contribution in [0.15, 0.2) is 0 Å². The van der Waals surface area contributed by atoms with Crippen LogP contribution in [-0.4, -0.2) is 28.6 Å². The maximum Gasteiger partial charge on any atom is 0.329 e. The van der Waals surface area contributed by atoms with Crippen LogP contribution >= 0.6 is 0 Å². The van der Waals surface area contributed by atoms with E-state index in [1.54, 1.807) is 0 Å². The minimum absolute atomic E-state index is 0.317. The highest BCUT2D eigenvalue weighted by molar-refractivity contribution is 5.89. The van der Waals surface area contributed by atoms with Gasteiger partial charge in [0.1, 0.15) is 5.54 Å². The Morgan fingerprint density at radius 3 is 2.28 bits per heavy atom. The summed E-state index contributed by atoms with van der Waals surface area (Å²) in [6.07, 6.45) is 4.29. The molecule has 5 heteroatoms. The molecule has 0 aromatic heterocycles. The van der Waals surface area contributed by atoms with Crippen molar-refractivity contribution >= 4 is 11.9 Å². The first-order valence-corrected chi connectivity index (χ1v) is 6.68. The van der Waals surface area contributed by atoms with Gasteiger partial charge < -0.3 is 16.2 Å². The molecular weight excluding hydrogens is 232 g/mol. The maximum atomic E-state index is 12.0. The molecule has 1 rings (SSSR count). The molecule has 0 bridgehead atoms. The molecule has 1 atom stereocenters. The Kier molecular flexibility index (Phi) is 5.14. The van der Waals surface area contributed by atoms with Crippen LogP contribution in [0.25, 0.3) is 0 Å². The molecule has 0 aromatic carbocycles. The Morgan fingerprint density at radius 1 is 1.28 bits per heavy atom. The number of nitrogens with two attached hydrogens (primary N) is 1. The van der Waals surface area contributed by atoms with Gasteiger partial charge in [-0.1, -0.05) is 33.1 Å². The van der Waals surface area contributed by atoms with Crippen LogP contribution in [-0.2, 0) is 9.59 Å². The summed E-state index contributed by atoms with van der Waals surface area (Å²) in [4.78, 5) is 23.4. The predicted octanol–water partition coefficient (Wildman–Crippen LogP) is 1.26. The molecule has 0 heterocycles. The van der Waals surface area contributed by atoms with E-state index in [0.717, 1.165) is 19.3 Å². The minimum Gasteiger partial charge on any atom is -0.480 e. The molecule has 0 aromatic rings. The highest BCUT2D eigenvalue weighted by Crippen LogP contribution is 2.28. The number of hydrogen-bond donors (Lipinski definition) is 3. The lowest BCUT2D eigenvalue weighted by atomic mass is 9.81. The van der Waals surface area contributed by atoms with Crippen molar-refractivity contribution in [2.75, 3.05) is 0 Å². The predicted molar refractivity (Wildman–Crippen MR) is 69.0 cm³/mol. The molecule has 104 valence electrons. The molecule has 1 saturated carbocycles. The van der Waals surface area contributed by atoms with Crippen molar-refractivity contribution in [2.45, 2.75) is 64.0 Å². The van der Waals surface area contributed by atoms with Gasteiger partial charge in [0.2, 0.25) is 5.91 Å². The monoisotopic (exact) mass is 256 g/mol. The van der Waals surface area contributed by atoms with Gasteiger partial charge in [0.15, 0.2) is 0 Å². The fourth-order valence-corrected chi connectivity index (χ4v) is 2.49. The first-order chi connectivity index (χ1) is 8.37. The van der Waals surface area contributed by atoms with Crippen LogP contribution in [0.4, 0.5) is 0 Å². The zero-order valence-electron chi connectivity index (χ0n) is 11.2. The minimum atomic E-state index is -1.09. The van der Waals surface area contributed by atoms with E-state index in [0.29, 0.717) is 25.2 Å². The highest BCUT2D eigenvalue weighted by Gasteiger charge is 2.41. The van der Waals surface area contributed by atoms with E-state index in [-0.39, 0.29) is 5.91 Å².